The summed E-state index contributed by atoms with van der Waals surface area (Å²) in [6.07, 6.45) is 0. The molecule has 1 heterocycles. The van der Waals surface area contributed by atoms with Gasteiger partial charge in [0, 0.05) is 18.1 Å². The Hall–Kier alpha value is -3.59. The monoisotopic (exact) mass is 399 g/mol. The average molecular weight is 399 g/mol. The van der Waals surface area contributed by atoms with Crippen LogP contribution in [0.1, 0.15) is 5.56 Å². The molecule has 5 nitrogen and oxygen atoms in total. The number of ether oxygens (including phenoxy) is 3. The van der Waals surface area contributed by atoms with Crippen molar-refractivity contribution < 1.29 is 18.6 Å². The molecule has 3 aromatic carbocycles. The SMILES string of the molecule is COCCOCOc1c(-c2ccccc2)cccc1-c1cc2cc(C#N)ccc2o1. The Morgan fingerprint density at radius 2 is 1.73 bits per heavy atom. The lowest BCUT2D eigenvalue weighted by atomic mass is 10.00. The standard InChI is InChI=1S/C25H21NO4/c1-27-12-13-28-17-29-25-21(19-6-3-2-4-7-19)8-5-9-22(25)24-15-20-14-18(16-26)10-11-23(20)30-24/h2-11,14-15H,12-13,17H2,1H3. The number of benzene rings is 3. The van der Waals surface area contributed by atoms with Crippen molar-refractivity contribution >= 4 is 11.0 Å². The Bertz CT molecular complexity index is 1170. The molecular formula is C25H21NO4. The Morgan fingerprint density at radius 3 is 2.53 bits per heavy atom. The third kappa shape index (κ3) is 4.20. The van der Waals surface area contributed by atoms with Crippen LogP contribution < -0.4 is 4.74 Å². The van der Waals surface area contributed by atoms with E-state index in [1.54, 1.807) is 13.2 Å². The highest BCUT2D eigenvalue weighted by Gasteiger charge is 2.17. The summed E-state index contributed by atoms with van der Waals surface area (Å²) >= 11 is 0. The first-order valence-electron chi connectivity index (χ1n) is 9.62. The van der Waals surface area contributed by atoms with Crippen LogP contribution >= 0.6 is 0 Å². The van der Waals surface area contributed by atoms with E-state index in [1.807, 2.05) is 66.7 Å². The van der Waals surface area contributed by atoms with Gasteiger partial charge in [-0.25, -0.2) is 0 Å². The number of rotatable bonds is 8. The summed E-state index contributed by atoms with van der Waals surface area (Å²) in [4.78, 5) is 0. The number of methoxy groups -OCH3 is 1. The van der Waals surface area contributed by atoms with Crippen LogP contribution in [0.25, 0.3) is 33.4 Å². The highest BCUT2D eigenvalue weighted by molar-refractivity contribution is 5.87. The highest BCUT2D eigenvalue weighted by atomic mass is 16.7. The number of nitrogens with zero attached hydrogens (tertiary/aromatic N) is 1. The minimum atomic E-state index is 0.0962. The van der Waals surface area contributed by atoms with Crippen molar-refractivity contribution in [3.8, 4) is 34.3 Å². The van der Waals surface area contributed by atoms with Crippen molar-refractivity contribution in [2.75, 3.05) is 27.1 Å². The second-order valence-corrected chi connectivity index (χ2v) is 6.69. The lowest BCUT2D eigenvalue weighted by Crippen LogP contribution is -2.08. The van der Waals surface area contributed by atoms with Crippen molar-refractivity contribution in [1.29, 1.82) is 5.26 Å². The molecule has 1 aromatic heterocycles. The molecule has 0 fully saturated rings. The van der Waals surface area contributed by atoms with Gasteiger partial charge >= 0.3 is 0 Å². The molecule has 5 heteroatoms. The first-order valence-corrected chi connectivity index (χ1v) is 9.62. The maximum absolute atomic E-state index is 9.16. The first-order chi connectivity index (χ1) is 14.8. The van der Waals surface area contributed by atoms with E-state index in [1.165, 1.54) is 0 Å². The summed E-state index contributed by atoms with van der Waals surface area (Å²) < 4.78 is 22.7. The van der Waals surface area contributed by atoms with E-state index >= 15 is 0 Å². The van der Waals surface area contributed by atoms with Crippen LogP contribution in [-0.2, 0) is 9.47 Å². The summed E-state index contributed by atoms with van der Waals surface area (Å²) in [6, 6.07) is 25.5. The summed E-state index contributed by atoms with van der Waals surface area (Å²) in [6.45, 7) is 1.04. The molecule has 4 rings (SSSR count). The van der Waals surface area contributed by atoms with Crippen molar-refractivity contribution in [2.45, 2.75) is 0 Å². The predicted octanol–water partition coefficient (Wildman–Crippen LogP) is 5.64. The molecule has 0 saturated heterocycles. The van der Waals surface area contributed by atoms with Crippen LogP contribution in [0.4, 0.5) is 0 Å². The number of nitriles is 1. The fourth-order valence-corrected chi connectivity index (χ4v) is 3.28. The fraction of sp³-hybridized carbons (Fsp3) is 0.160. The fourth-order valence-electron chi connectivity index (χ4n) is 3.28. The summed E-state index contributed by atoms with van der Waals surface area (Å²) in [5.41, 5.74) is 4.12. The maximum Gasteiger partial charge on any atom is 0.189 e. The van der Waals surface area contributed by atoms with Gasteiger partial charge in [0.25, 0.3) is 0 Å². The van der Waals surface area contributed by atoms with Crippen molar-refractivity contribution in [1.82, 2.24) is 0 Å². The van der Waals surface area contributed by atoms with Crippen LogP contribution in [0.5, 0.6) is 5.75 Å². The smallest absolute Gasteiger partial charge is 0.189 e. The number of fused-ring (bicyclic) bond motifs is 1. The number of hydrogen-bond donors (Lipinski definition) is 0. The lowest BCUT2D eigenvalue weighted by Gasteiger charge is -2.15. The van der Waals surface area contributed by atoms with E-state index in [0.29, 0.717) is 30.3 Å². The maximum atomic E-state index is 9.16. The van der Waals surface area contributed by atoms with Gasteiger partial charge < -0.3 is 18.6 Å². The zero-order chi connectivity index (χ0) is 20.8. The Labute approximate surface area is 175 Å². The van der Waals surface area contributed by atoms with Gasteiger partial charge in [-0.15, -0.1) is 0 Å². The number of para-hydroxylation sites is 1. The Kier molecular flexibility index (Phi) is 6.09. The molecule has 150 valence electrons. The predicted molar refractivity (Wildman–Crippen MR) is 115 cm³/mol. The summed E-state index contributed by atoms with van der Waals surface area (Å²) in [7, 11) is 1.63. The van der Waals surface area contributed by atoms with Gasteiger partial charge in [0.15, 0.2) is 6.79 Å². The third-order valence-corrected chi connectivity index (χ3v) is 4.73. The van der Waals surface area contributed by atoms with E-state index in [9.17, 15) is 0 Å². The van der Waals surface area contributed by atoms with Crippen LogP contribution in [0.15, 0.2) is 77.2 Å². The van der Waals surface area contributed by atoms with Gasteiger partial charge in [0.1, 0.15) is 17.1 Å². The second kappa shape index (κ2) is 9.27. The van der Waals surface area contributed by atoms with Gasteiger partial charge in [0.05, 0.1) is 30.4 Å². The molecule has 0 radical (unpaired) electrons. The molecule has 0 N–H and O–H groups in total. The van der Waals surface area contributed by atoms with E-state index < -0.39 is 0 Å². The zero-order valence-corrected chi connectivity index (χ0v) is 16.6. The Morgan fingerprint density at radius 1 is 0.900 bits per heavy atom. The van der Waals surface area contributed by atoms with E-state index in [2.05, 4.69) is 6.07 Å². The first kappa shape index (κ1) is 19.7. The van der Waals surface area contributed by atoms with Crippen molar-refractivity contribution in [2.24, 2.45) is 0 Å². The minimum Gasteiger partial charge on any atom is -0.466 e. The molecular weight excluding hydrogens is 378 g/mol. The molecule has 0 aliphatic carbocycles. The molecule has 4 aromatic rings. The normalized spacial score (nSPS) is 10.8. The summed E-state index contributed by atoms with van der Waals surface area (Å²) in [5, 5.41) is 10.0. The number of hydrogen-bond acceptors (Lipinski definition) is 5. The minimum absolute atomic E-state index is 0.0962. The van der Waals surface area contributed by atoms with Gasteiger partial charge in [-0.1, -0.05) is 42.5 Å². The van der Waals surface area contributed by atoms with Gasteiger partial charge in [0.2, 0.25) is 0 Å². The highest BCUT2D eigenvalue weighted by Crippen LogP contribution is 2.41. The zero-order valence-electron chi connectivity index (χ0n) is 16.6. The number of furan rings is 1. The topological polar surface area (TPSA) is 64.6 Å². The molecule has 0 amide bonds. The van der Waals surface area contributed by atoms with E-state index in [0.717, 1.165) is 27.7 Å². The van der Waals surface area contributed by atoms with Crippen LogP contribution in [0.2, 0.25) is 0 Å². The van der Waals surface area contributed by atoms with Crippen molar-refractivity contribution in [3.63, 3.8) is 0 Å². The molecule has 0 aliphatic heterocycles. The lowest BCUT2D eigenvalue weighted by molar-refractivity contribution is -0.00800. The van der Waals surface area contributed by atoms with Gasteiger partial charge in [-0.05, 0) is 35.9 Å². The Balaban J connectivity index is 1.75. The van der Waals surface area contributed by atoms with Crippen molar-refractivity contribution in [3.05, 3.63) is 78.4 Å². The molecule has 0 saturated carbocycles. The quantitative estimate of drug-likeness (QED) is 0.283. The summed E-state index contributed by atoms with van der Waals surface area (Å²) in [5.74, 6) is 1.35. The molecule has 0 aliphatic rings. The molecule has 0 unspecified atom stereocenters. The van der Waals surface area contributed by atoms with Gasteiger partial charge in [-0.2, -0.15) is 5.26 Å². The molecule has 0 spiro atoms. The molecule has 30 heavy (non-hydrogen) atoms. The molecule has 0 atom stereocenters. The van der Waals surface area contributed by atoms with Crippen LogP contribution in [0, 0.1) is 11.3 Å². The molecule has 0 bridgehead atoms. The average Bonchev–Trinajstić information content (AvgIpc) is 3.22. The van der Waals surface area contributed by atoms with E-state index in [4.69, 9.17) is 23.9 Å². The van der Waals surface area contributed by atoms with Crippen LogP contribution in [0.3, 0.4) is 0 Å². The van der Waals surface area contributed by atoms with Gasteiger partial charge in [-0.3, -0.25) is 0 Å². The van der Waals surface area contributed by atoms with Crippen LogP contribution in [-0.4, -0.2) is 27.1 Å². The largest absolute Gasteiger partial charge is 0.466 e. The third-order valence-electron chi connectivity index (χ3n) is 4.73. The van der Waals surface area contributed by atoms with E-state index in [-0.39, 0.29) is 6.79 Å². The second-order valence-electron chi connectivity index (χ2n) is 6.69.